The number of aliphatic hydroxyl groups is 1. The van der Waals surface area contributed by atoms with Crippen molar-refractivity contribution in [3.8, 4) is 0 Å². The number of nitrogens with one attached hydrogen (secondary N) is 1. The van der Waals surface area contributed by atoms with Crippen molar-refractivity contribution in [2.75, 3.05) is 20.3 Å². The van der Waals surface area contributed by atoms with Gasteiger partial charge in [-0.1, -0.05) is 38.1 Å². The summed E-state index contributed by atoms with van der Waals surface area (Å²) >= 11 is 0. The molecule has 0 unspecified atom stereocenters. The first kappa shape index (κ1) is 16.2. The van der Waals surface area contributed by atoms with Gasteiger partial charge < -0.3 is 15.2 Å². The first-order valence-corrected chi connectivity index (χ1v) is 7.08. The number of hydrogen-bond acceptors (Lipinski definition) is 3. The van der Waals surface area contributed by atoms with Gasteiger partial charge in [-0.25, -0.2) is 0 Å². The van der Waals surface area contributed by atoms with Crippen molar-refractivity contribution >= 4 is 0 Å². The van der Waals surface area contributed by atoms with Crippen LogP contribution in [0.1, 0.15) is 37.8 Å². The van der Waals surface area contributed by atoms with Crippen molar-refractivity contribution in [1.82, 2.24) is 5.32 Å². The van der Waals surface area contributed by atoms with Gasteiger partial charge in [0, 0.05) is 32.2 Å². The Morgan fingerprint density at radius 3 is 2.32 bits per heavy atom. The molecule has 3 heteroatoms. The fraction of sp³-hybridized carbons (Fsp3) is 0.625. The van der Waals surface area contributed by atoms with Crippen molar-refractivity contribution < 1.29 is 9.84 Å². The van der Waals surface area contributed by atoms with Gasteiger partial charge in [-0.05, 0) is 24.0 Å². The van der Waals surface area contributed by atoms with E-state index >= 15 is 0 Å². The highest BCUT2D eigenvalue weighted by atomic mass is 16.5. The molecule has 2 N–H and O–H groups in total. The van der Waals surface area contributed by atoms with Crippen LogP contribution < -0.4 is 5.32 Å². The molecule has 0 atom stereocenters. The Hall–Kier alpha value is -0.900. The molecule has 1 rings (SSSR count). The number of aliphatic hydroxyl groups excluding tert-OH is 1. The van der Waals surface area contributed by atoms with E-state index in [0.29, 0.717) is 6.61 Å². The molecule has 0 radical (unpaired) electrons. The van der Waals surface area contributed by atoms with Gasteiger partial charge in [0.05, 0.1) is 6.61 Å². The van der Waals surface area contributed by atoms with E-state index in [1.165, 1.54) is 11.1 Å². The Morgan fingerprint density at radius 1 is 1.16 bits per heavy atom. The molecule has 0 amide bonds. The SMILES string of the molecule is CCC(CC)(CO)CNCc1ccccc1COC. The van der Waals surface area contributed by atoms with Gasteiger partial charge in [0.15, 0.2) is 0 Å². The van der Waals surface area contributed by atoms with Crippen LogP contribution in [0.25, 0.3) is 0 Å². The summed E-state index contributed by atoms with van der Waals surface area (Å²) in [6.45, 7) is 6.83. The Labute approximate surface area is 117 Å². The monoisotopic (exact) mass is 265 g/mol. The summed E-state index contributed by atoms with van der Waals surface area (Å²) in [5, 5.41) is 13.0. The highest BCUT2D eigenvalue weighted by Crippen LogP contribution is 2.24. The lowest BCUT2D eigenvalue weighted by molar-refractivity contribution is 0.113. The van der Waals surface area contributed by atoms with Crippen LogP contribution in [0.4, 0.5) is 0 Å². The van der Waals surface area contributed by atoms with Crippen LogP contribution in [0.5, 0.6) is 0 Å². The average molecular weight is 265 g/mol. The van der Waals surface area contributed by atoms with Gasteiger partial charge in [-0.2, -0.15) is 0 Å². The zero-order chi connectivity index (χ0) is 14.1. The van der Waals surface area contributed by atoms with Crippen molar-refractivity contribution in [3.05, 3.63) is 35.4 Å². The van der Waals surface area contributed by atoms with E-state index in [4.69, 9.17) is 4.74 Å². The highest BCUT2D eigenvalue weighted by molar-refractivity contribution is 5.26. The van der Waals surface area contributed by atoms with Crippen LogP contribution in [0.2, 0.25) is 0 Å². The maximum atomic E-state index is 9.55. The minimum atomic E-state index is 0.0101. The normalized spacial score (nSPS) is 11.8. The number of rotatable bonds is 9. The summed E-state index contributed by atoms with van der Waals surface area (Å²) in [4.78, 5) is 0. The van der Waals surface area contributed by atoms with Crippen LogP contribution in [-0.4, -0.2) is 25.4 Å². The molecule has 0 saturated heterocycles. The van der Waals surface area contributed by atoms with Crippen molar-refractivity contribution in [1.29, 1.82) is 0 Å². The summed E-state index contributed by atoms with van der Waals surface area (Å²) in [5.74, 6) is 0. The van der Waals surface area contributed by atoms with Gasteiger partial charge in [-0.15, -0.1) is 0 Å². The number of ether oxygens (including phenoxy) is 1. The fourth-order valence-corrected chi connectivity index (χ4v) is 2.27. The lowest BCUT2D eigenvalue weighted by Crippen LogP contribution is -2.36. The van der Waals surface area contributed by atoms with E-state index in [1.807, 2.05) is 6.07 Å². The molecule has 0 saturated carbocycles. The van der Waals surface area contributed by atoms with Crippen LogP contribution >= 0.6 is 0 Å². The smallest absolute Gasteiger partial charge is 0.0716 e. The van der Waals surface area contributed by atoms with E-state index in [2.05, 4.69) is 37.4 Å². The minimum Gasteiger partial charge on any atom is -0.396 e. The summed E-state index contributed by atoms with van der Waals surface area (Å²) in [6.07, 6.45) is 1.99. The van der Waals surface area contributed by atoms with Crippen molar-refractivity contribution in [2.24, 2.45) is 5.41 Å². The largest absolute Gasteiger partial charge is 0.396 e. The molecule has 0 aliphatic heterocycles. The van der Waals surface area contributed by atoms with Crippen LogP contribution in [-0.2, 0) is 17.9 Å². The molecule has 3 nitrogen and oxygen atoms in total. The molecule has 0 bridgehead atoms. The molecule has 1 aromatic carbocycles. The molecular formula is C16H27NO2. The zero-order valence-corrected chi connectivity index (χ0v) is 12.4. The number of methoxy groups -OCH3 is 1. The van der Waals surface area contributed by atoms with Gasteiger partial charge >= 0.3 is 0 Å². The van der Waals surface area contributed by atoms with Gasteiger partial charge in [-0.3, -0.25) is 0 Å². The average Bonchev–Trinajstić information content (AvgIpc) is 2.46. The molecule has 19 heavy (non-hydrogen) atoms. The van der Waals surface area contributed by atoms with Gasteiger partial charge in [0.25, 0.3) is 0 Å². The Balaban J connectivity index is 2.57. The van der Waals surface area contributed by atoms with Crippen LogP contribution in [0.15, 0.2) is 24.3 Å². The molecule has 0 heterocycles. The lowest BCUT2D eigenvalue weighted by atomic mass is 9.83. The van der Waals surface area contributed by atoms with Crippen LogP contribution in [0.3, 0.4) is 0 Å². The molecule has 1 aromatic rings. The Bertz CT molecular complexity index is 353. The summed E-state index contributed by atoms with van der Waals surface area (Å²) in [5.41, 5.74) is 2.50. The Morgan fingerprint density at radius 2 is 1.79 bits per heavy atom. The van der Waals surface area contributed by atoms with E-state index in [0.717, 1.165) is 25.9 Å². The summed E-state index contributed by atoms with van der Waals surface area (Å²) < 4.78 is 5.21. The predicted molar refractivity (Wildman–Crippen MR) is 79.0 cm³/mol. The quantitative estimate of drug-likeness (QED) is 0.721. The molecule has 0 aliphatic carbocycles. The van der Waals surface area contributed by atoms with Crippen molar-refractivity contribution in [2.45, 2.75) is 39.8 Å². The molecule has 0 aromatic heterocycles. The fourth-order valence-electron chi connectivity index (χ4n) is 2.27. The lowest BCUT2D eigenvalue weighted by Gasteiger charge is -2.29. The molecular weight excluding hydrogens is 238 g/mol. The predicted octanol–water partition coefficient (Wildman–Crippen LogP) is 2.72. The second kappa shape index (κ2) is 8.31. The third kappa shape index (κ3) is 4.60. The second-order valence-corrected chi connectivity index (χ2v) is 5.17. The van der Waals surface area contributed by atoms with E-state index in [9.17, 15) is 5.11 Å². The number of benzene rings is 1. The second-order valence-electron chi connectivity index (χ2n) is 5.17. The molecule has 108 valence electrons. The third-order valence-electron chi connectivity index (χ3n) is 4.07. The molecule has 0 fully saturated rings. The first-order chi connectivity index (χ1) is 9.21. The first-order valence-electron chi connectivity index (χ1n) is 7.08. The summed E-state index contributed by atoms with van der Waals surface area (Å²) in [6, 6.07) is 8.31. The maximum Gasteiger partial charge on any atom is 0.0716 e. The van der Waals surface area contributed by atoms with E-state index in [-0.39, 0.29) is 12.0 Å². The van der Waals surface area contributed by atoms with E-state index < -0.39 is 0 Å². The molecule has 0 spiro atoms. The molecule has 0 aliphatic rings. The Kier molecular flexibility index (Phi) is 7.06. The third-order valence-corrected chi connectivity index (χ3v) is 4.07. The van der Waals surface area contributed by atoms with Crippen LogP contribution in [0, 0.1) is 5.41 Å². The zero-order valence-electron chi connectivity index (χ0n) is 12.4. The number of hydrogen-bond donors (Lipinski definition) is 2. The topological polar surface area (TPSA) is 41.5 Å². The van der Waals surface area contributed by atoms with E-state index in [1.54, 1.807) is 7.11 Å². The van der Waals surface area contributed by atoms with Gasteiger partial charge in [0.1, 0.15) is 0 Å². The highest BCUT2D eigenvalue weighted by Gasteiger charge is 2.24. The van der Waals surface area contributed by atoms with Gasteiger partial charge in [0.2, 0.25) is 0 Å². The van der Waals surface area contributed by atoms with Crippen molar-refractivity contribution in [3.63, 3.8) is 0 Å². The summed E-state index contributed by atoms with van der Waals surface area (Å²) in [7, 11) is 1.72. The maximum absolute atomic E-state index is 9.55. The minimum absolute atomic E-state index is 0.0101. The standard InChI is InChI=1S/C16H27NO2/c1-4-16(5-2,13-18)12-17-10-14-8-6-7-9-15(14)11-19-3/h6-9,17-18H,4-5,10-13H2,1-3H3.